The van der Waals surface area contributed by atoms with Crippen molar-refractivity contribution >= 4 is 6.29 Å². The average molecular weight is 124 g/mol. The number of rotatable bonds is 3. The Morgan fingerprint density at radius 2 is 2.12 bits per heavy atom. The minimum Gasteiger partial charge on any atom is -0.390 e. The second-order valence-corrected chi connectivity index (χ2v) is 1.38. The molecule has 1 N–H and O–H groups in total. The lowest BCUT2D eigenvalue weighted by molar-refractivity contribution is -0.118. The molecule has 0 aliphatic carbocycles. The normalized spacial score (nSPS) is 11.4. The van der Waals surface area contributed by atoms with E-state index in [9.17, 15) is 13.6 Å². The predicted molar refractivity (Wildman–Crippen MR) is 22.7 cm³/mol. The zero-order chi connectivity index (χ0) is 6.62. The van der Waals surface area contributed by atoms with E-state index in [0.717, 1.165) is 0 Å². The lowest BCUT2D eigenvalue weighted by Crippen LogP contribution is -2.21. The predicted octanol–water partition coefficient (Wildman–Crippen LogP) is 0.203. The standard InChI is InChI=1S/C4H6F2O2/c5-4(6,3-8)1-2-7/h2,8H,1,3H2. The van der Waals surface area contributed by atoms with Crippen LogP contribution in [-0.2, 0) is 4.79 Å². The van der Waals surface area contributed by atoms with Crippen molar-refractivity contribution < 1.29 is 18.7 Å². The molecule has 0 amide bonds. The summed E-state index contributed by atoms with van der Waals surface area (Å²) in [5.41, 5.74) is 0. The fraction of sp³-hybridized carbons (Fsp3) is 0.750. The van der Waals surface area contributed by atoms with E-state index < -0.39 is 19.0 Å². The lowest BCUT2D eigenvalue weighted by atomic mass is 10.3. The minimum absolute atomic E-state index is 0.0796. The van der Waals surface area contributed by atoms with Crippen LogP contribution in [0.5, 0.6) is 0 Å². The molecule has 2 nitrogen and oxygen atoms in total. The number of hydrogen-bond donors (Lipinski definition) is 1. The summed E-state index contributed by atoms with van der Waals surface area (Å²) in [6, 6.07) is 0. The molecule has 0 heterocycles. The van der Waals surface area contributed by atoms with Crippen LogP contribution >= 0.6 is 0 Å². The summed E-state index contributed by atoms with van der Waals surface area (Å²) in [6.07, 6.45) is -0.820. The first-order valence-corrected chi connectivity index (χ1v) is 2.05. The van der Waals surface area contributed by atoms with E-state index >= 15 is 0 Å². The van der Waals surface area contributed by atoms with Gasteiger partial charge in [-0.15, -0.1) is 0 Å². The third kappa shape index (κ3) is 2.63. The van der Waals surface area contributed by atoms with E-state index in [1.54, 1.807) is 0 Å². The molecule has 0 aliphatic heterocycles. The van der Waals surface area contributed by atoms with E-state index in [1.165, 1.54) is 0 Å². The van der Waals surface area contributed by atoms with Gasteiger partial charge in [0.15, 0.2) is 0 Å². The molecule has 0 aromatic heterocycles. The number of aliphatic hydroxyl groups is 1. The van der Waals surface area contributed by atoms with Crippen LogP contribution < -0.4 is 0 Å². The van der Waals surface area contributed by atoms with E-state index in [0.29, 0.717) is 0 Å². The van der Waals surface area contributed by atoms with Crippen LogP contribution in [0.2, 0.25) is 0 Å². The fourth-order valence-corrected chi connectivity index (χ4v) is 0.186. The average Bonchev–Trinajstić information content (AvgIpc) is 1.67. The monoisotopic (exact) mass is 124 g/mol. The highest BCUT2D eigenvalue weighted by Crippen LogP contribution is 2.14. The van der Waals surface area contributed by atoms with Crippen LogP contribution in [0, 0.1) is 0 Å². The molecule has 0 aromatic rings. The molecule has 0 rings (SSSR count). The van der Waals surface area contributed by atoms with Crippen molar-refractivity contribution in [3.05, 3.63) is 0 Å². The first-order valence-electron chi connectivity index (χ1n) is 2.05. The topological polar surface area (TPSA) is 37.3 Å². The van der Waals surface area contributed by atoms with Gasteiger partial charge in [0.05, 0.1) is 6.42 Å². The highest BCUT2D eigenvalue weighted by atomic mass is 19.3. The van der Waals surface area contributed by atoms with Gasteiger partial charge in [0.2, 0.25) is 0 Å². The fourth-order valence-electron chi connectivity index (χ4n) is 0.186. The second-order valence-electron chi connectivity index (χ2n) is 1.38. The number of hydrogen-bond acceptors (Lipinski definition) is 2. The number of halogens is 2. The summed E-state index contributed by atoms with van der Waals surface area (Å²) in [5.74, 6) is -3.22. The Bertz CT molecular complexity index is 82.1. The summed E-state index contributed by atoms with van der Waals surface area (Å²) in [7, 11) is 0. The Hall–Kier alpha value is -0.510. The summed E-state index contributed by atoms with van der Waals surface area (Å²) in [6.45, 7) is -1.26. The molecular weight excluding hydrogens is 118 g/mol. The molecule has 0 aromatic carbocycles. The highest BCUT2D eigenvalue weighted by molar-refractivity contribution is 5.50. The zero-order valence-electron chi connectivity index (χ0n) is 4.10. The molecule has 0 unspecified atom stereocenters. The maximum Gasteiger partial charge on any atom is 0.277 e. The van der Waals surface area contributed by atoms with Crippen molar-refractivity contribution in [1.29, 1.82) is 0 Å². The van der Waals surface area contributed by atoms with Crippen molar-refractivity contribution in [2.75, 3.05) is 6.61 Å². The number of carbonyl (C=O) groups excluding carboxylic acids is 1. The van der Waals surface area contributed by atoms with E-state index in [-0.39, 0.29) is 6.29 Å². The SMILES string of the molecule is O=CCC(F)(F)CO. The molecule has 0 bridgehead atoms. The molecule has 0 aliphatic rings. The Kier molecular flexibility index (Phi) is 2.54. The van der Waals surface area contributed by atoms with Crippen molar-refractivity contribution in [3.63, 3.8) is 0 Å². The molecule has 0 fully saturated rings. The Morgan fingerprint density at radius 3 is 2.25 bits per heavy atom. The molecule has 0 spiro atoms. The van der Waals surface area contributed by atoms with Crippen molar-refractivity contribution in [2.45, 2.75) is 12.3 Å². The Balaban J connectivity index is 3.53. The summed E-state index contributed by atoms with van der Waals surface area (Å²) in [4.78, 5) is 9.39. The molecule has 4 heteroatoms. The van der Waals surface area contributed by atoms with Gasteiger partial charge in [-0.3, -0.25) is 0 Å². The quantitative estimate of drug-likeness (QED) is 0.546. The van der Waals surface area contributed by atoms with Gasteiger partial charge in [0.1, 0.15) is 12.9 Å². The molecule has 0 saturated heterocycles. The molecule has 0 atom stereocenters. The van der Waals surface area contributed by atoms with Gasteiger partial charge in [-0.1, -0.05) is 0 Å². The maximum atomic E-state index is 11.7. The molecule has 0 saturated carbocycles. The third-order valence-electron chi connectivity index (χ3n) is 0.613. The minimum atomic E-state index is -3.22. The first-order chi connectivity index (χ1) is 3.62. The van der Waals surface area contributed by atoms with Gasteiger partial charge >= 0.3 is 0 Å². The van der Waals surface area contributed by atoms with Crippen molar-refractivity contribution in [3.8, 4) is 0 Å². The summed E-state index contributed by atoms with van der Waals surface area (Å²) >= 11 is 0. The second kappa shape index (κ2) is 2.71. The smallest absolute Gasteiger partial charge is 0.277 e. The Labute approximate surface area is 45.1 Å². The number of alkyl halides is 2. The maximum absolute atomic E-state index is 11.7. The largest absolute Gasteiger partial charge is 0.390 e. The third-order valence-corrected chi connectivity index (χ3v) is 0.613. The van der Waals surface area contributed by atoms with Crippen LogP contribution in [0.1, 0.15) is 6.42 Å². The van der Waals surface area contributed by atoms with Crippen LogP contribution in [0.3, 0.4) is 0 Å². The molecule has 0 radical (unpaired) electrons. The first kappa shape index (κ1) is 7.49. The molecule has 8 heavy (non-hydrogen) atoms. The lowest BCUT2D eigenvalue weighted by Gasteiger charge is -2.06. The summed E-state index contributed by atoms with van der Waals surface area (Å²) < 4.78 is 23.3. The van der Waals surface area contributed by atoms with Crippen LogP contribution in [-0.4, -0.2) is 23.9 Å². The van der Waals surface area contributed by atoms with Gasteiger partial charge in [-0.05, 0) is 0 Å². The van der Waals surface area contributed by atoms with Crippen LogP contribution in [0.4, 0.5) is 8.78 Å². The van der Waals surface area contributed by atoms with Crippen LogP contribution in [0.25, 0.3) is 0 Å². The Morgan fingerprint density at radius 1 is 1.62 bits per heavy atom. The van der Waals surface area contributed by atoms with E-state index in [4.69, 9.17) is 5.11 Å². The molecule has 48 valence electrons. The van der Waals surface area contributed by atoms with Gasteiger partial charge in [0, 0.05) is 0 Å². The number of aliphatic hydroxyl groups excluding tert-OH is 1. The van der Waals surface area contributed by atoms with Crippen molar-refractivity contribution in [2.24, 2.45) is 0 Å². The van der Waals surface area contributed by atoms with Gasteiger partial charge < -0.3 is 9.90 Å². The van der Waals surface area contributed by atoms with Crippen LogP contribution in [0.15, 0.2) is 0 Å². The van der Waals surface area contributed by atoms with Gasteiger partial charge in [-0.2, -0.15) is 0 Å². The number of carbonyl (C=O) groups is 1. The zero-order valence-corrected chi connectivity index (χ0v) is 4.10. The van der Waals surface area contributed by atoms with Gasteiger partial charge in [-0.25, -0.2) is 8.78 Å². The highest BCUT2D eigenvalue weighted by Gasteiger charge is 2.26. The van der Waals surface area contributed by atoms with E-state index in [1.807, 2.05) is 0 Å². The number of aldehydes is 1. The molecular formula is C4H6F2O2. The van der Waals surface area contributed by atoms with E-state index in [2.05, 4.69) is 0 Å². The van der Waals surface area contributed by atoms with Crippen molar-refractivity contribution in [1.82, 2.24) is 0 Å². The summed E-state index contributed by atoms with van der Waals surface area (Å²) in [5, 5.41) is 7.82. The van der Waals surface area contributed by atoms with Gasteiger partial charge in [0.25, 0.3) is 5.92 Å².